The Morgan fingerprint density at radius 3 is 3.05 bits per heavy atom. The number of rotatable bonds is 5. The van der Waals surface area contributed by atoms with Gasteiger partial charge in [-0.15, -0.1) is 0 Å². The molecule has 108 valence electrons. The molecule has 1 N–H and O–H groups in total. The normalized spacial score (nSPS) is 19.2. The standard InChI is InChI=1S/C16H24N4/c1-3-8-19(15-6-7-17-9-15)11-14-12-20-10-13(2)4-5-16(20)18-14/h4-5,10,12,15,17H,3,6-9,11H2,1-2H3. The molecule has 0 aromatic carbocycles. The van der Waals surface area contributed by atoms with Gasteiger partial charge in [0.25, 0.3) is 0 Å². The van der Waals surface area contributed by atoms with E-state index in [4.69, 9.17) is 4.98 Å². The molecule has 1 fully saturated rings. The summed E-state index contributed by atoms with van der Waals surface area (Å²) in [6.07, 6.45) is 6.77. The van der Waals surface area contributed by atoms with Crippen molar-refractivity contribution in [1.29, 1.82) is 0 Å². The van der Waals surface area contributed by atoms with Gasteiger partial charge in [0.05, 0.1) is 5.69 Å². The Morgan fingerprint density at radius 1 is 1.40 bits per heavy atom. The van der Waals surface area contributed by atoms with Gasteiger partial charge in [-0.05, 0) is 44.5 Å². The molecule has 0 aliphatic carbocycles. The third kappa shape index (κ3) is 2.86. The molecule has 1 aliphatic heterocycles. The second-order valence-corrected chi connectivity index (χ2v) is 5.82. The van der Waals surface area contributed by atoms with Crippen LogP contribution in [0.5, 0.6) is 0 Å². The van der Waals surface area contributed by atoms with E-state index in [0.29, 0.717) is 6.04 Å². The summed E-state index contributed by atoms with van der Waals surface area (Å²) in [6, 6.07) is 4.89. The maximum Gasteiger partial charge on any atom is 0.137 e. The molecule has 0 bridgehead atoms. The molecular formula is C16H24N4. The number of imidazole rings is 1. The first-order valence-corrected chi connectivity index (χ1v) is 7.65. The zero-order valence-corrected chi connectivity index (χ0v) is 12.5. The van der Waals surface area contributed by atoms with E-state index in [-0.39, 0.29) is 0 Å². The molecule has 20 heavy (non-hydrogen) atoms. The van der Waals surface area contributed by atoms with Crippen LogP contribution in [0, 0.1) is 6.92 Å². The van der Waals surface area contributed by atoms with Crippen molar-refractivity contribution in [2.24, 2.45) is 0 Å². The van der Waals surface area contributed by atoms with Crippen LogP contribution in [0.3, 0.4) is 0 Å². The highest BCUT2D eigenvalue weighted by Crippen LogP contribution is 2.15. The van der Waals surface area contributed by atoms with E-state index in [1.54, 1.807) is 0 Å². The Balaban J connectivity index is 1.78. The van der Waals surface area contributed by atoms with Gasteiger partial charge in [0.15, 0.2) is 0 Å². The van der Waals surface area contributed by atoms with Crippen molar-refractivity contribution >= 4 is 5.65 Å². The van der Waals surface area contributed by atoms with Crippen LogP contribution in [-0.2, 0) is 6.54 Å². The Hall–Kier alpha value is -1.39. The van der Waals surface area contributed by atoms with Gasteiger partial charge in [0, 0.05) is 31.5 Å². The molecule has 2 aromatic heterocycles. The van der Waals surface area contributed by atoms with Gasteiger partial charge in [0.2, 0.25) is 0 Å². The van der Waals surface area contributed by atoms with Crippen LogP contribution in [0.2, 0.25) is 0 Å². The molecule has 4 heteroatoms. The summed E-state index contributed by atoms with van der Waals surface area (Å²) in [5.74, 6) is 0. The van der Waals surface area contributed by atoms with E-state index in [0.717, 1.165) is 31.8 Å². The number of aromatic nitrogens is 2. The zero-order chi connectivity index (χ0) is 13.9. The van der Waals surface area contributed by atoms with E-state index in [1.165, 1.54) is 24.1 Å². The van der Waals surface area contributed by atoms with Crippen molar-refractivity contribution in [2.45, 2.75) is 39.3 Å². The van der Waals surface area contributed by atoms with Crippen LogP contribution >= 0.6 is 0 Å². The Bertz CT molecular complexity index is 569. The number of hydrogen-bond acceptors (Lipinski definition) is 3. The minimum atomic E-state index is 0.668. The third-order valence-electron chi connectivity index (χ3n) is 4.08. The summed E-state index contributed by atoms with van der Waals surface area (Å²) in [5.41, 5.74) is 3.49. The largest absolute Gasteiger partial charge is 0.315 e. The topological polar surface area (TPSA) is 32.6 Å². The average Bonchev–Trinajstić information content (AvgIpc) is 3.06. The van der Waals surface area contributed by atoms with Crippen molar-refractivity contribution in [3.63, 3.8) is 0 Å². The smallest absolute Gasteiger partial charge is 0.137 e. The zero-order valence-electron chi connectivity index (χ0n) is 12.5. The van der Waals surface area contributed by atoms with E-state index >= 15 is 0 Å². The molecule has 0 amide bonds. The summed E-state index contributed by atoms with van der Waals surface area (Å²) >= 11 is 0. The number of nitrogens with zero attached hydrogens (tertiary/aromatic N) is 3. The molecule has 1 atom stereocenters. The molecule has 0 radical (unpaired) electrons. The lowest BCUT2D eigenvalue weighted by atomic mass is 10.2. The summed E-state index contributed by atoms with van der Waals surface area (Å²) in [6.45, 7) is 8.75. The summed E-state index contributed by atoms with van der Waals surface area (Å²) in [4.78, 5) is 7.33. The average molecular weight is 272 g/mol. The monoisotopic (exact) mass is 272 g/mol. The lowest BCUT2D eigenvalue weighted by Crippen LogP contribution is -2.37. The molecule has 1 aliphatic rings. The van der Waals surface area contributed by atoms with Crippen molar-refractivity contribution in [3.8, 4) is 0 Å². The molecule has 0 saturated carbocycles. The highest BCUT2D eigenvalue weighted by atomic mass is 15.2. The van der Waals surface area contributed by atoms with Crippen LogP contribution in [0.15, 0.2) is 24.5 Å². The Labute approximate surface area is 120 Å². The number of pyridine rings is 1. The highest BCUT2D eigenvalue weighted by Gasteiger charge is 2.22. The lowest BCUT2D eigenvalue weighted by molar-refractivity contribution is 0.197. The van der Waals surface area contributed by atoms with Gasteiger partial charge in [0.1, 0.15) is 5.65 Å². The minimum Gasteiger partial charge on any atom is -0.315 e. The van der Waals surface area contributed by atoms with Crippen LogP contribution in [-0.4, -0.2) is 40.0 Å². The third-order valence-corrected chi connectivity index (χ3v) is 4.08. The number of nitrogens with one attached hydrogen (secondary N) is 1. The fraction of sp³-hybridized carbons (Fsp3) is 0.562. The van der Waals surface area contributed by atoms with Crippen LogP contribution in [0.1, 0.15) is 31.0 Å². The van der Waals surface area contributed by atoms with Crippen molar-refractivity contribution < 1.29 is 0 Å². The van der Waals surface area contributed by atoms with Gasteiger partial charge in [-0.25, -0.2) is 4.98 Å². The van der Waals surface area contributed by atoms with Crippen LogP contribution < -0.4 is 5.32 Å². The van der Waals surface area contributed by atoms with Gasteiger partial charge in [-0.2, -0.15) is 0 Å². The number of hydrogen-bond donors (Lipinski definition) is 1. The van der Waals surface area contributed by atoms with Gasteiger partial charge >= 0.3 is 0 Å². The minimum absolute atomic E-state index is 0.668. The quantitative estimate of drug-likeness (QED) is 0.906. The molecule has 3 heterocycles. The molecule has 3 rings (SSSR count). The maximum atomic E-state index is 4.75. The van der Waals surface area contributed by atoms with E-state index in [2.05, 4.69) is 53.0 Å². The van der Waals surface area contributed by atoms with Gasteiger partial charge in [-0.3, -0.25) is 4.90 Å². The fourth-order valence-corrected chi connectivity index (χ4v) is 3.07. The molecule has 1 saturated heterocycles. The second kappa shape index (κ2) is 5.94. The summed E-state index contributed by atoms with van der Waals surface area (Å²) < 4.78 is 2.14. The molecule has 2 aromatic rings. The van der Waals surface area contributed by atoms with E-state index in [9.17, 15) is 0 Å². The number of aryl methyl sites for hydroxylation is 1. The molecule has 1 unspecified atom stereocenters. The fourth-order valence-electron chi connectivity index (χ4n) is 3.07. The van der Waals surface area contributed by atoms with Crippen molar-refractivity contribution in [2.75, 3.05) is 19.6 Å². The predicted octanol–water partition coefficient (Wildman–Crippen LogP) is 2.22. The van der Waals surface area contributed by atoms with Gasteiger partial charge in [-0.1, -0.05) is 13.0 Å². The molecule has 0 spiro atoms. The Kier molecular flexibility index (Phi) is 4.03. The van der Waals surface area contributed by atoms with Crippen LogP contribution in [0.4, 0.5) is 0 Å². The Morgan fingerprint density at radius 2 is 2.30 bits per heavy atom. The molecule has 4 nitrogen and oxygen atoms in total. The van der Waals surface area contributed by atoms with E-state index < -0.39 is 0 Å². The first kappa shape index (κ1) is 13.6. The van der Waals surface area contributed by atoms with Crippen molar-refractivity contribution in [1.82, 2.24) is 19.6 Å². The van der Waals surface area contributed by atoms with E-state index in [1.807, 2.05) is 0 Å². The lowest BCUT2D eigenvalue weighted by Gasteiger charge is -2.26. The van der Waals surface area contributed by atoms with Gasteiger partial charge < -0.3 is 9.72 Å². The van der Waals surface area contributed by atoms with Crippen LogP contribution in [0.25, 0.3) is 5.65 Å². The highest BCUT2D eigenvalue weighted by molar-refractivity contribution is 5.41. The first-order chi connectivity index (χ1) is 9.76. The maximum absolute atomic E-state index is 4.75. The molecular weight excluding hydrogens is 248 g/mol. The summed E-state index contributed by atoms with van der Waals surface area (Å²) in [5, 5.41) is 3.46. The summed E-state index contributed by atoms with van der Waals surface area (Å²) in [7, 11) is 0. The SMILES string of the molecule is CCCN(Cc1cn2cc(C)ccc2n1)C1CCNC1. The second-order valence-electron chi connectivity index (χ2n) is 5.82. The number of fused-ring (bicyclic) bond motifs is 1. The van der Waals surface area contributed by atoms with Crippen molar-refractivity contribution in [3.05, 3.63) is 35.8 Å². The predicted molar refractivity (Wildman–Crippen MR) is 81.9 cm³/mol. The first-order valence-electron chi connectivity index (χ1n) is 7.65.